The molecule has 0 aliphatic rings. The van der Waals surface area contributed by atoms with Gasteiger partial charge in [-0.25, -0.2) is 0 Å². The van der Waals surface area contributed by atoms with Crippen LogP contribution >= 0.6 is 11.6 Å². The third kappa shape index (κ3) is 3.60. The minimum absolute atomic E-state index is 0.189. The van der Waals surface area contributed by atoms with Crippen LogP contribution in [-0.4, -0.2) is 17.3 Å². The summed E-state index contributed by atoms with van der Waals surface area (Å²) in [7, 11) is 1.39. The van der Waals surface area contributed by atoms with Crippen LogP contribution in [0, 0.1) is 17.0 Å². The van der Waals surface area contributed by atoms with Gasteiger partial charge in [-0.1, -0.05) is 30.3 Å². The van der Waals surface area contributed by atoms with E-state index < -0.39 is 10.2 Å². The van der Waals surface area contributed by atoms with Crippen LogP contribution in [0.5, 0.6) is 11.5 Å². The number of nitrogens with zero attached hydrogens (tertiary/aromatic N) is 1. The second-order valence-corrected chi connectivity index (χ2v) is 5.08. The van der Waals surface area contributed by atoms with Crippen LogP contribution in [0.3, 0.4) is 0 Å². The number of methoxy groups -OCH3 is 1. The zero-order valence-electron chi connectivity index (χ0n) is 12.5. The highest BCUT2D eigenvalue weighted by molar-refractivity contribution is 6.68. The Hall–Kier alpha value is -2.60. The van der Waals surface area contributed by atoms with Gasteiger partial charge in [0.2, 0.25) is 0 Å². The van der Waals surface area contributed by atoms with E-state index in [1.54, 1.807) is 0 Å². The van der Waals surface area contributed by atoms with Crippen LogP contribution in [0.15, 0.2) is 36.4 Å². The summed E-state index contributed by atoms with van der Waals surface area (Å²) in [5.41, 5.74) is 0.482. The molecule has 0 N–H and O–H groups in total. The van der Waals surface area contributed by atoms with E-state index in [0.717, 1.165) is 5.56 Å². The molecule has 2 aromatic carbocycles. The standard InChI is InChI=1S/C16H14ClNO5/c1-10-14(18(20)21)12(16(17)19)8-13(22-2)15(10)23-9-11-6-4-3-5-7-11/h3-8H,9H2,1-2H3. The van der Waals surface area contributed by atoms with E-state index in [1.165, 1.54) is 20.1 Å². The molecule has 0 aromatic heterocycles. The van der Waals surface area contributed by atoms with Gasteiger partial charge in [-0.15, -0.1) is 0 Å². The number of carbonyl (C=O) groups excluding carboxylic acids is 1. The lowest BCUT2D eigenvalue weighted by Crippen LogP contribution is -2.06. The predicted molar refractivity (Wildman–Crippen MR) is 85.3 cm³/mol. The maximum atomic E-state index is 11.4. The first-order valence-corrected chi connectivity index (χ1v) is 7.06. The minimum atomic E-state index is -0.923. The number of hydrogen-bond acceptors (Lipinski definition) is 5. The lowest BCUT2D eigenvalue weighted by Gasteiger charge is -2.15. The Morgan fingerprint density at radius 3 is 2.48 bits per heavy atom. The summed E-state index contributed by atoms with van der Waals surface area (Å²) in [6.45, 7) is 1.70. The van der Waals surface area contributed by atoms with E-state index in [2.05, 4.69) is 0 Å². The van der Waals surface area contributed by atoms with Crippen molar-refractivity contribution >= 4 is 22.5 Å². The first kappa shape index (κ1) is 16.8. The van der Waals surface area contributed by atoms with Gasteiger partial charge in [-0.3, -0.25) is 14.9 Å². The van der Waals surface area contributed by atoms with Gasteiger partial charge in [0.25, 0.3) is 10.9 Å². The molecule has 0 heterocycles. The van der Waals surface area contributed by atoms with Gasteiger partial charge in [0.05, 0.1) is 17.6 Å². The SMILES string of the molecule is COc1cc(C(=O)Cl)c([N+](=O)[O-])c(C)c1OCc1ccccc1. The summed E-state index contributed by atoms with van der Waals surface area (Å²) in [5, 5.41) is 10.3. The molecule has 0 saturated heterocycles. The average molecular weight is 336 g/mol. The Morgan fingerprint density at radius 1 is 1.30 bits per heavy atom. The summed E-state index contributed by atoms with van der Waals surface area (Å²) in [5.74, 6) is 0.428. The molecular weight excluding hydrogens is 322 g/mol. The largest absolute Gasteiger partial charge is 0.493 e. The van der Waals surface area contributed by atoms with E-state index in [0.29, 0.717) is 0 Å². The number of hydrogen-bond donors (Lipinski definition) is 0. The van der Waals surface area contributed by atoms with Crippen molar-refractivity contribution in [3.63, 3.8) is 0 Å². The van der Waals surface area contributed by atoms with Crippen molar-refractivity contribution in [2.45, 2.75) is 13.5 Å². The number of benzene rings is 2. The molecule has 0 unspecified atom stereocenters. The molecule has 0 aliphatic heterocycles. The van der Waals surface area contributed by atoms with Gasteiger partial charge in [0, 0.05) is 6.07 Å². The van der Waals surface area contributed by atoms with Gasteiger partial charge in [-0.2, -0.15) is 0 Å². The van der Waals surface area contributed by atoms with Crippen LogP contribution in [0.4, 0.5) is 5.69 Å². The van der Waals surface area contributed by atoms with Gasteiger partial charge in [0.15, 0.2) is 11.5 Å². The summed E-state index contributed by atoms with van der Waals surface area (Å²) in [6.07, 6.45) is 0. The maximum Gasteiger partial charge on any atom is 0.288 e. The van der Waals surface area contributed by atoms with E-state index in [9.17, 15) is 14.9 Å². The van der Waals surface area contributed by atoms with Gasteiger partial charge >= 0.3 is 0 Å². The van der Waals surface area contributed by atoms with Crippen molar-refractivity contribution in [2.24, 2.45) is 0 Å². The molecule has 0 fully saturated rings. The lowest BCUT2D eigenvalue weighted by atomic mass is 10.1. The number of nitro benzene ring substituents is 1. The van der Waals surface area contributed by atoms with Crippen molar-refractivity contribution in [3.05, 3.63) is 63.2 Å². The molecule has 0 bridgehead atoms. The van der Waals surface area contributed by atoms with Gasteiger partial charge < -0.3 is 9.47 Å². The second-order valence-electron chi connectivity index (χ2n) is 4.73. The molecule has 2 rings (SSSR count). The van der Waals surface area contributed by atoms with Gasteiger partial charge in [-0.05, 0) is 24.1 Å². The quantitative estimate of drug-likeness (QED) is 0.455. The maximum absolute atomic E-state index is 11.4. The van der Waals surface area contributed by atoms with Crippen molar-refractivity contribution in [1.82, 2.24) is 0 Å². The Kier molecular flexibility index (Phi) is 5.18. The fourth-order valence-electron chi connectivity index (χ4n) is 2.21. The van der Waals surface area contributed by atoms with Crippen LogP contribution in [0.1, 0.15) is 21.5 Å². The molecule has 2 aromatic rings. The van der Waals surface area contributed by atoms with E-state index >= 15 is 0 Å². The van der Waals surface area contributed by atoms with Gasteiger partial charge in [0.1, 0.15) is 12.2 Å². The fourth-order valence-corrected chi connectivity index (χ4v) is 2.35. The molecule has 0 aliphatic carbocycles. The van der Waals surface area contributed by atoms with Crippen molar-refractivity contribution in [1.29, 1.82) is 0 Å². The summed E-state index contributed by atoms with van der Waals surface area (Å²) in [6, 6.07) is 10.6. The number of halogens is 1. The fraction of sp³-hybridized carbons (Fsp3) is 0.188. The zero-order chi connectivity index (χ0) is 17.0. The minimum Gasteiger partial charge on any atom is -0.493 e. The highest BCUT2D eigenvalue weighted by Gasteiger charge is 2.28. The molecule has 7 heteroatoms. The van der Waals surface area contributed by atoms with Crippen LogP contribution in [0.2, 0.25) is 0 Å². The van der Waals surface area contributed by atoms with Crippen LogP contribution in [0.25, 0.3) is 0 Å². The zero-order valence-corrected chi connectivity index (χ0v) is 13.3. The predicted octanol–water partition coefficient (Wildman–Crippen LogP) is 3.87. The monoisotopic (exact) mass is 335 g/mol. The number of rotatable bonds is 6. The lowest BCUT2D eigenvalue weighted by molar-refractivity contribution is -0.385. The molecule has 23 heavy (non-hydrogen) atoms. The molecular formula is C16H14ClNO5. The average Bonchev–Trinajstić information content (AvgIpc) is 2.53. The highest BCUT2D eigenvalue weighted by atomic mass is 35.5. The highest BCUT2D eigenvalue weighted by Crippen LogP contribution is 2.40. The number of ether oxygens (including phenoxy) is 2. The molecule has 0 atom stereocenters. The summed E-state index contributed by atoms with van der Waals surface area (Å²) >= 11 is 5.44. The molecule has 120 valence electrons. The summed E-state index contributed by atoms with van der Waals surface area (Å²) in [4.78, 5) is 22.1. The number of nitro groups is 1. The van der Waals surface area contributed by atoms with Crippen molar-refractivity contribution in [2.75, 3.05) is 7.11 Å². The molecule has 6 nitrogen and oxygen atoms in total. The van der Waals surface area contributed by atoms with Crippen LogP contribution in [-0.2, 0) is 6.61 Å². The Balaban J connectivity index is 2.47. The normalized spacial score (nSPS) is 10.2. The third-order valence-corrected chi connectivity index (χ3v) is 3.49. The van der Waals surface area contributed by atoms with E-state index in [1.807, 2.05) is 30.3 Å². The second kappa shape index (κ2) is 7.11. The molecule has 0 spiro atoms. The smallest absolute Gasteiger partial charge is 0.288 e. The Bertz CT molecular complexity index is 746. The Morgan fingerprint density at radius 2 is 1.96 bits per heavy atom. The van der Waals surface area contributed by atoms with Crippen molar-refractivity contribution < 1.29 is 19.2 Å². The topological polar surface area (TPSA) is 78.7 Å². The molecule has 0 saturated carbocycles. The molecule has 0 radical (unpaired) electrons. The van der Waals surface area contributed by atoms with Crippen LogP contribution < -0.4 is 9.47 Å². The third-order valence-electron chi connectivity index (χ3n) is 3.29. The van der Waals surface area contributed by atoms with E-state index in [-0.39, 0.29) is 34.9 Å². The van der Waals surface area contributed by atoms with Crippen molar-refractivity contribution in [3.8, 4) is 11.5 Å². The Labute approximate surface area is 137 Å². The first-order chi connectivity index (χ1) is 11.0. The number of carbonyl (C=O) groups is 1. The molecule has 0 amide bonds. The first-order valence-electron chi connectivity index (χ1n) is 6.68. The summed E-state index contributed by atoms with van der Waals surface area (Å²) < 4.78 is 10.9. The van der Waals surface area contributed by atoms with E-state index in [4.69, 9.17) is 21.1 Å².